The van der Waals surface area contributed by atoms with Gasteiger partial charge in [0.15, 0.2) is 5.78 Å². The van der Waals surface area contributed by atoms with E-state index in [1.165, 1.54) is 6.08 Å². The zero-order valence-electron chi connectivity index (χ0n) is 17.2. The monoisotopic (exact) mass is 404 g/mol. The fraction of sp³-hybridized carbons (Fsp3) is 0.208. The van der Waals surface area contributed by atoms with Gasteiger partial charge in [0.1, 0.15) is 0 Å². The van der Waals surface area contributed by atoms with Crippen molar-refractivity contribution in [2.24, 2.45) is 0 Å². The summed E-state index contributed by atoms with van der Waals surface area (Å²) in [6, 6.07) is 13.7. The number of ketones is 1. The molecule has 0 fully saturated rings. The van der Waals surface area contributed by atoms with Crippen LogP contribution in [-0.4, -0.2) is 24.4 Å². The van der Waals surface area contributed by atoms with Crippen molar-refractivity contribution in [3.05, 3.63) is 88.1 Å². The molecule has 2 amide bonds. The van der Waals surface area contributed by atoms with Crippen molar-refractivity contribution < 1.29 is 19.1 Å². The highest BCUT2D eigenvalue weighted by molar-refractivity contribution is 6.06. The highest BCUT2D eigenvalue weighted by Crippen LogP contribution is 2.28. The van der Waals surface area contributed by atoms with Crippen LogP contribution in [0.4, 0.5) is 4.79 Å². The second kappa shape index (κ2) is 9.22. The van der Waals surface area contributed by atoms with E-state index >= 15 is 0 Å². The van der Waals surface area contributed by atoms with Crippen LogP contribution in [0.1, 0.15) is 46.9 Å². The fourth-order valence-electron chi connectivity index (χ4n) is 3.21. The number of carbonyl (C=O) groups is 3. The number of benzene rings is 2. The largest absolute Gasteiger partial charge is 0.463 e. The minimum atomic E-state index is -0.606. The van der Waals surface area contributed by atoms with Crippen LogP contribution in [0.3, 0.4) is 0 Å². The Bertz CT molecular complexity index is 1020. The number of allylic oxidation sites excluding steroid dienone is 2. The molecule has 2 aromatic carbocycles. The van der Waals surface area contributed by atoms with Crippen LogP contribution < -0.4 is 10.6 Å². The first kappa shape index (κ1) is 21.0. The normalized spacial score (nSPS) is 16.2. The molecule has 3 rings (SSSR count). The van der Waals surface area contributed by atoms with E-state index in [4.69, 9.17) is 4.74 Å². The molecule has 30 heavy (non-hydrogen) atoms. The van der Waals surface area contributed by atoms with Crippen molar-refractivity contribution in [2.75, 3.05) is 6.61 Å². The van der Waals surface area contributed by atoms with Gasteiger partial charge in [-0.3, -0.25) is 4.79 Å². The van der Waals surface area contributed by atoms with Gasteiger partial charge in [-0.1, -0.05) is 60.2 Å². The summed E-state index contributed by atoms with van der Waals surface area (Å²) in [5.41, 5.74) is 4.14. The molecule has 1 heterocycles. The van der Waals surface area contributed by atoms with Gasteiger partial charge < -0.3 is 15.4 Å². The zero-order valence-corrected chi connectivity index (χ0v) is 17.2. The third-order valence-electron chi connectivity index (χ3n) is 4.80. The standard InChI is InChI=1S/C24H24N2O4/c1-4-30-23(28)21-16(3)25-24(29)26-22(21)19-12-7-17(8-13-19)9-14-20(27)18-10-5-15(2)6-11-18/h5-14,22H,4H2,1-3H3,(H2,25,26,29)/b14-9+. The van der Waals surface area contributed by atoms with E-state index in [2.05, 4.69) is 10.6 Å². The average molecular weight is 404 g/mol. The summed E-state index contributed by atoms with van der Waals surface area (Å²) in [5, 5.41) is 5.38. The van der Waals surface area contributed by atoms with Crippen molar-refractivity contribution in [1.82, 2.24) is 10.6 Å². The van der Waals surface area contributed by atoms with Crippen molar-refractivity contribution >= 4 is 23.9 Å². The van der Waals surface area contributed by atoms with Crippen molar-refractivity contribution in [3.8, 4) is 0 Å². The third kappa shape index (κ3) is 4.84. The number of hydrogen-bond donors (Lipinski definition) is 2. The van der Waals surface area contributed by atoms with E-state index in [9.17, 15) is 14.4 Å². The molecule has 2 N–H and O–H groups in total. The molecule has 1 aliphatic rings. The fourth-order valence-corrected chi connectivity index (χ4v) is 3.21. The van der Waals surface area contributed by atoms with Crippen LogP contribution >= 0.6 is 0 Å². The molecular formula is C24H24N2O4. The zero-order chi connectivity index (χ0) is 21.7. The first-order chi connectivity index (χ1) is 14.4. The number of esters is 1. The van der Waals surface area contributed by atoms with Crippen molar-refractivity contribution in [1.29, 1.82) is 0 Å². The number of nitrogens with one attached hydrogen (secondary N) is 2. The number of ether oxygens (including phenoxy) is 1. The van der Waals surface area contributed by atoms with Gasteiger partial charge in [0.2, 0.25) is 0 Å². The van der Waals surface area contributed by atoms with Gasteiger partial charge in [-0.2, -0.15) is 0 Å². The Kier molecular flexibility index (Phi) is 6.47. The van der Waals surface area contributed by atoms with E-state index < -0.39 is 12.0 Å². The molecule has 6 heteroatoms. The van der Waals surface area contributed by atoms with Gasteiger partial charge in [-0.15, -0.1) is 0 Å². The molecule has 0 spiro atoms. The Balaban J connectivity index is 1.79. The molecule has 0 bridgehead atoms. The number of amides is 2. The Morgan fingerprint density at radius 2 is 1.70 bits per heavy atom. The summed E-state index contributed by atoms with van der Waals surface area (Å²) in [5.74, 6) is -0.548. The number of hydrogen-bond acceptors (Lipinski definition) is 4. The molecule has 2 aromatic rings. The maximum absolute atomic E-state index is 12.4. The predicted molar refractivity (Wildman–Crippen MR) is 115 cm³/mol. The molecule has 0 aliphatic carbocycles. The average Bonchev–Trinajstić information content (AvgIpc) is 2.72. The maximum atomic E-state index is 12.4. The number of rotatable bonds is 6. The maximum Gasteiger partial charge on any atom is 0.338 e. The van der Waals surface area contributed by atoms with Gasteiger partial charge in [-0.05, 0) is 38.0 Å². The van der Waals surface area contributed by atoms with Gasteiger partial charge in [0, 0.05) is 11.3 Å². The first-order valence-electron chi connectivity index (χ1n) is 9.73. The molecule has 0 aromatic heterocycles. The molecule has 6 nitrogen and oxygen atoms in total. The summed E-state index contributed by atoms with van der Waals surface area (Å²) >= 11 is 0. The minimum absolute atomic E-state index is 0.0761. The van der Waals surface area contributed by atoms with E-state index in [-0.39, 0.29) is 18.4 Å². The summed E-state index contributed by atoms with van der Waals surface area (Å²) in [4.78, 5) is 36.6. The van der Waals surface area contributed by atoms with Crippen LogP contribution in [0, 0.1) is 6.92 Å². The number of urea groups is 1. The smallest absolute Gasteiger partial charge is 0.338 e. The topological polar surface area (TPSA) is 84.5 Å². The third-order valence-corrected chi connectivity index (χ3v) is 4.80. The van der Waals surface area contributed by atoms with Crippen molar-refractivity contribution in [2.45, 2.75) is 26.8 Å². The van der Waals surface area contributed by atoms with Crippen LogP contribution in [0.25, 0.3) is 6.08 Å². The van der Waals surface area contributed by atoms with E-state index in [1.54, 1.807) is 32.1 Å². The SMILES string of the molecule is CCOC(=O)C1=C(C)NC(=O)NC1c1ccc(/C=C/C(=O)c2ccc(C)cc2)cc1. The van der Waals surface area contributed by atoms with E-state index in [0.717, 1.165) is 16.7 Å². The lowest BCUT2D eigenvalue weighted by Crippen LogP contribution is -2.45. The Labute approximate surface area is 175 Å². The molecule has 1 atom stereocenters. The predicted octanol–water partition coefficient (Wildman–Crippen LogP) is 4.08. The number of aryl methyl sites for hydroxylation is 1. The lowest BCUT2D eigenvalue weighted by molar-refractivity contribution is -0.139. The summed E-state index contributed by atoms with van der Waals surface area (Å²) in [6.07, 6.45) is 3.26. The molecular weight excluding hydrogens is 380 g/mol. The van der Waals surface area contributed by atoms with Crippen molar-refractivity contribution in [3.63, 3.8) is 0 Å². The van der Waals surface area contributed by atoms with Crippen LogP contribution in [0.15, 0.2) is 65.9 Å². The molecule has 154 valence electrons. The quantitative estimate of drug-likeness (QED) is 0.432. The Hall–Kier alpha value is -3.67. The van der Waals surface area contributed by atoms with Crippen LogP contribution in [-0.2, 0) is 9.53 Å². The van der Waals surface area contributed by atoms with Gasteiger partial charge in [-0.25, -0.2) is 9.59 Å². The lowest BCUT2D eigenvalue weighted by Gasteiger charge is -2.28. The molecule has 0 saturated heterocycles. The summed E-state index contributed by atoms with van der Waals surface area (Å²) < 4.78 is 5.14. The number of carbonyl (C=O) groups excluding carboxylic acids is 3. The highest BCUT2D eigenvalue weighted by atomic mass is 16.5. The summed E-state index contributed by atoms with van der Waals surface area (Å²) in [7, 11) is 0. The van der Waals surface area contributed by atoms with E-state index in [1.807, 2.05) is 43.3 Å². The highest BCUT2D eigenvalue weighted by Gasteiger charge is 2.31. The first-order valence-corrected chi connectivity index (χ1v) is 9.73. The molecule has 0 saturated carbocycles. The molecule has 1 unspecified atom stereocenters. The van der Waals surface area contributed by atoms with Gasteiger partial charge in [0.05, 0.1) is 18.2 Å². The second-order valence-electron chi connectivity index (χ2n) is 7.02. The molecule has 0 radical (unpaired) electrons. The Morgan fingerprint density at radius 3 is 2.33 bits per heavy atom. The van der Waals surface area contributed by atoms with Crippen LogP contribution in [0.5, 0.6) is 0 Å². The molecule has 1 aliphatic heterocycles. The lowest BCUT2D eigenvalue weighted by atomic mass is 9.94. The van der Waals surface area contributed by atoms with Gasteiger partial charge >= 0.3 is 12.0 Å². The Morgan fingerprint density at radius 1 is 1.03 bits per heavy atom. The van der Waals surface area contributed by atoms with Crippen LogP contribution in [0.2, 0.25) is 0 Å². The van der Waals surface area contributed by atoms with Gasteiger partial charge in [0.25, 0.3) is 0 Å². The second-order valence-corrected chi connectivity index (χ2v) is 7.02. The van der Waals surface area contributed by atoms with E-state index in [0.29, 0.717) is 16.8 Å². The minimum Gasteiger partial charge on any atom is -0.463 e. The summed E-state index contributed by atoms with van der Waals surface area (Å²) in [6.45, 7) is 5.62.